The Kier molecular flexibility index (Phi) is 5.38. The number of ether oxygens (including phenoxy) is 2. The molecule has 0 bridgehead atoms. The van der Waals surface area contributed by atoms with Crippen LogP contribution in [0.2, 0.25) is 5.02 Å². The number of hydrogen-bond acceptors (Lipinski definition) is 5. The van der Waals surface area contributed by atoms with Crippen LogP contribution in [0.3, 0.4) is 0 Å². The highest BCUT2D eigenvalue weighted by atomic mass is 35.5. The highest BCUT2D eigenvalue weighted by molar-refractivity contribution is 6.31. The second kappa shape index (κ2) is 7.88. The molecule has 1 aromatic heterocycles. The molecule has 6 nitrogen and oxygen atoms in total. The zero-order valence-corrected chi connectivity index (χ0v) is 14.2. The van der Waals surface area contributed by atoms with E-state index in [-0.39, 0.29) is 19.0 Å². The molecule has 1 heterocycles. The van der Waals surface area contributed by atoms with Gasteiger partial charge in [-0.2, -0.15) is 0 Å². The molecule has 8 heteroatoms. The van der Waals surface area contributed by atoms with Gasteiger partial charge < -0.3 is 19.7 Å². The third-order valence-corrected chi connectivity index (χ3v) is 3.84. The van der Waals surface area contributed by atoms with Gasteiger partial charge in [-0.15, -0.1) is 0 Å². The van der Waals surface area contributed by atoms with Gasteiger partial charge in [0.25, 0.3) is 0 Å². The Balaban J connectivity index is 1.63. The van der Waals surface area contributed by atoms with Crippen LogP contribution in [0.25, 0.3) is 11.3 Å². The van der Waals surface area contributed by atoms with E-state index in [9.17, 15) is 9.18 Å². The predicted octanol–water partition coefficient (Wildman–Crippen LogP) is 4.31. The lowest BCUT2D eigenvalue weighted by atomic mass is 10.1. The van der Waals surface area contributed by atoms with Crippen LogP contribution in [0, 0.1) is 5.82 Å². The summed E-state index contributed by atoms with van der Waals surface area (Å²) in [4.78, 5) is 10.6. The molecule has 0 fully saturated rings. The van der Waals surface area contributed by atoms with Crippen LogP contribution in [0.1, 0.15) is 11.3 Å². The molecule has 0 atom stereocenters. The van der Waals surface area contributed by atoms with Crippen molar-refractivity contribution in [2.75, 3.05) is 0 Å². The van der Waals surface area contributed by atoms with Crippen molar-refractivity contribution in [3.63, 3.8) is 0 Å². The van der Waals surface area contributed by atoms with Gasteiger partial charge >= 0.3 is 6.09 Å². The minimum Gasteiger partial charge on any atom is -0.489 e. The number of hydrogen-bond donors (Lipinski definition) is 1. The van der Waals surface area contributed by atoms with E-state index in [1.165, 1.54) is 18.2 Å². The molecule has 0 spiro atoms. The zero-order valence-electron chi connectivity index (χ0n) is 13.4. The molecule has 0 saturated heterocycles. The Morgan fingerprint density at radius 1 is 1.15 bits per heavy atom. The van der Waals surface area contributed by atoms with Crippen molar-refractivity contribution in [2.45, 2.75) is 13.2 Å². The molecule has 0 radical (unpaired) electrons. The van der Waals surface area contributed by atoms with Crippen LogP contribution < -0.4 is 10.5 Å². The van der Waals surface area contributed by atoms with Crippen molar-refractivity contribution in [2.24, 2.45) is 5.73 Å². The van der Waals surface area contributed by atoms with E-state index in [0.29, 0.717) is 27.8 Å². The summed E-state index contributed by atoms with van der Waals surface area (Å²) in [5.41, 5.74) is 6.82. The third-order valence-electron chi connectivity index (χ3n) is 3.47. The van der Waals surface area contributed by atoms with Crippen molar-refractivity contribution in [1.82, 2.24) is 5.16 Å². The van der Waals surface area contributed by atoms with Crippen molar-refractivity contribution in [1.29, 1.82) is 0 Å². The van der Waals surface area contributed by atoms with E-state index in [4.69, 9.17) is 26.6 Å². The number of carbonyl (C=O) groups excluding carboxylic acids is 1. The first kappa shape index (κ1) is 17.8. The molecule has 0 aliphatic rings. The largest absolute Gasteiger partial charge is 0.489 e. The number of carbonyl (C=O) groups is 1. The number of rotatable bonds is 6. The summed E-state index contributed by atoms with van der Waals surface area (Å²) in [5.74, 6) is 0.597. The van der Waals surface area contributed by atoms with E-state index in [0.717, 1.165) is 5.56 Å². The lowest BCUT2D eigenvalue weighted by Gasteiger charge is -2.08. The minimum atomic E-state index is -0.886. The number of nitrogens with zero attached hydrogens (tertiary/aromatic N) is 1. The molecule has 2 aromatic carbocycles. The quantitative estimate of drug-likeness (QED) is 0.692. The summed E-state index contributed by atoms with van der Waals surface area (Å²) in [6.45, 7) is 0.0619. The van der Waals surface area contributed by atoms with E-state index in [1.54, 1.807) is 30.3 Å². The summed E-state index contributed by atoms with van der Waals surface area (Å²) < 4.78 is 28.6. The van der Waals surface area contributed by atoms with Gasteiger partial charge in [0.1, 0.15) is 23.9 Å². The Labute approximate surface area is 153 Å². The molecule has 26 heavy (non-hydrogen) atoms. The van der Waals surface area contributed by atoms with Gasteiger partial charge in [-0.1, -0.05) is 16.8 Å². The maximum absolute atomic E-state index is 13.3. The molecular formula is C18H14ClFN2O4. The van der Waals surface area contributed by atoms with Gasteiger partial charge in [-0.3, -0.25) is 0 Å². The second-order valence-electron chi connectivity index (χ2n) is 5.33. The van der Waals surface area contributed by atoms with Crippen molar-refractivity contribution in [3.8, 4) is 17.0 Å². The Morgan fingerprint density at radius 3 is 2.65 bits per heavy atom. The fraction of sp³-hybridized carbons (Fsp3) is 0.111. The highest BCUT2D eigenvalue weighted by Crippen LogP contribution is 2.24. The van der Waals surface area contributed by atoms with E-state index < -0.39 is 6.09 Å². The van der Waals surface area contributed by atoms with Crippen molar-refractivity contribution >= 4 is 17.7 Å². The number of benzene rings is 2. The smallest absolute Gasteiger partial charge is 0.404 e. The zero-order chi connectivity index (χ0) is 18.5. The minimum absolute atomic E-state index is 0.0854. The summed E-state index contributed by atoms with van der Waals surface area (Å²) in [6, 6.07) is 12.8. The Hall–Kier alpha value is -3.06. The number of nitrogens with two attached hydrogens (primary N) is 1. The van der Waals surface area contributed by atoms with Gasteiger partial charge in [0.15, 0.2) is 12.4 Å². The first-order valence-corrected chi connectivity index (χ1v) is 7.94. The fourth-order valence-electron chi connectivity index (χ4n) is 2.20. The predicted molar refractivity (Wildman–Crippen MR) is 92.1 cm³/mol. The molecule has 1 amide bonds. The maximum Gasteiger partial charge on any atom is 0.404 e. The number of halogens is 2. The van der Waals surface area contributed by atoms with Gasteiger partial charge in [-0.05, 0) is 42.5 Å². The summed E-state index contributed by atoms with van der Waals surface area (Å²) in [5, 5.41) is 4.34. The molecule has 134 valence electrons. The summed E-state index contributed by atoms with van der Waals surface area (Å²) in [6.07, 6.45) is -0.886. The Morgan fingerprint density at radius 2 is 1.92 bits per heavy atom. The van der Waals surface area contributed by atoms with E-state index in [1.807, 2.05) is 0 Å². The topological polar surface area (TPSA) is 87.6 Å². The van der Waals surface area contributed by atoms with Gasteiger partial charge in [0.2, 0.25) is 0 Å². The van der Waals surface area contributed by atoms with Gasteiger partial charge in [0, 0.05) is 22.2 Å². The average molecular weight is 377 g/mol. The third kappa shape index (κ3) is 4.52. The first-order chi connectivity index (χ1) is 12.5. The van der Waals surface area contributed by atoms with Crippen molar-refractivity contribution in [3.05, 3.63) is 70.7 Å². The molecule has 0 aliphatic carbocycles. The Bertz CT molecular complexity index is 912. The standard InChI is InChI=1S/C18H14ClFN2O4/c19-16-6-3-13(20)7-12(16)9-24-14-4-1-11(2-5-14)17-8-15(26-22-17)10-25-18(21)23/h1-8H,9-10H2,(H2,21,23). The second-order valence-corrected chi connectivity index (χ2v) is 5.74. The van der Waals surface area contributed by atoms with Crippen LogP contribution in [-0.2, 0) is 18.0 Å². The van der Waals surface area contributed by atoms with Crippen LogP contribution in [0.5, 0.6) is 5.75 Å². The summed E-state index contributed by atoms with van der Waals surface area (Å²) in [7, 11) is 0. The van der Waals surface area contributed by atoms with Crippen LogP contribution >= 0.6 is 11.6 Å². The molecular weight excluding hydrogens is 363 g/mol. The number of aromatic nitrogens is 1. The molecule has 0 aliphatic heterocycles. The normalized spacial score (nSPS) is 10.5. The lowest BCUT2D eigenvalue weighted by Crippen LogP contribution is -2.12. The summed E-state index contributed by atoms with van der Waals surface area (Å²) >= 11 is 6.01. The molecule has 3 aromatic rings. The van der Waals surface area contributed by atoms with Crippen molar-refractivity contribution < 1.29 is 23.2 Å². The SMILES string of the molecule is NC(=O)OCc1cc(-c2ccc(OCc3cc(F)ccc3Cl)cc2)no1. The van der Waals surface area contributed by atoms with Gasteiger partial charge in [-0.25, -0.2) is 9.18 Å². The molecule has 0 saturated carbocycles. The fourth-order valence-corrected chi connectivity index (χ4v) is 2.37. The van der Waals surface area contributed by atoms with Crippen LogP contribution in [-0.4, -0.2) is 11.2 Å². The molecule has 0 unspecified atom stereocenters. The van der Waals surface area contributed by atoms with Crippen LogP contribution in [0.4, 0.5) is 9.18 Å². The maximum atomic E-state index is 13.3. The number of amides is 1. The monoisotopic (exact) mass is 376 g/mol. The first-order valence-electron chi connectivity index (χ1n) is 7.56. The highest BCUT2D eigenvalue weighted by Gasteiger charge is 2.09. The van der Waals surface area contributed by atoms with Gasteiger partial charge in [0.05, 0.1) is 0 Å². The lowest BCUT2D eigenvalue weighted by molar-refractivity contribution is 0.137. The number of primary amides is 1. The van der Waals surface area contributed by atoms with Crippen LogP contribution in [0.15, 0.2) is 53.1 Å². The van der Waals surface area contributed by atoms with E-state index >= 15 is 0 Å². The van der Waals surface area contributed by atoms with E-state index in [2.05, 4.69) is 9.89 Å². The average Bonchev–Trinajstić information content (AvgIpc) is 3.10. The molecule has 3 rings (SSSR count). The molecule has 2 N–H and O–H groups in total.